The second-order valence-corrected chi connectivity index (χ2v) is 9.24. The third kappa shape index (κ3) is 4.21. The molecule has 2 saturated heterocycles. The first-order valence-electron chi connectivity index (χ1n) is 8.63. The van der Waals surface area contributed by atoms with E-state index in [9.17, 15) is 0 Å². The third-order valence-electron chi connectivity index (χ3n) is 5.48. The lowest BCUT2D eigenvalue weighted by atomic mass is 9.80. The van der Waals surface area contributed by atoms with Gasteiger partial charge in [0.1, 0.15) is 0 Å². The smallest absolute Gasteiger partial charge is 0.0125 e. The fraction of sp³-hybridized carbons (Fsp3) is 1.00. The molecule has 20 heavy (non-hydrogen) atoms. The van der Waals surface area contributed by atoms with Gasteiger partial charge in [0.15, 0.2) is 0 Å². The highest BCUT2D eigenvalue weighted by atomic mass is 15.2. The van der Waals surface area contributed by atoms with Crippen LogP contribution in [-0.4, -0.2) is 48.1 Å². The molecule has 0 aromatic carbocycles. The van der Waals surface area contributed by atoms with Gasteiger partial charge in [-0.2, -0.15) is 0 Å². The maximum atomic E-state index is 2.74. The first kappa shape index (κ1) is 16.3. The molecule has 2 aliphatic rings. The van der Waals surface area contributed by atoms with Crippen molar-refractivity contribution < 1.29 is 0 Å². The zero-order valence-electron chi connectivity index (χ0n) is 14.7. The Hall–Kier alpha value is -0.0800. The minimum absolute atomic E-state index is 0.345. The minimum atomic E-state index is 0.345. The van der Waals surface area contributed by atoms with Crippen LogP contribution in [0.25, 0.3) is 0 Å². The summed E-state index contributed by atoms with van der Waals surface area (Å²) in [5, 5.41) is 0. The maximum absolute atomic E-state index is 2.74. The molecule has 2 heterocycles. The van der Waals surface area contributed by atoms with E-state index >= 15 is 0 Å². The number of hydrogen-bond acceptors (Lipinski definition) is 2. The minimum Gasteiger partial charge on any atom is -0.303 e. The summed E-state index contributed by atoms with van der Waals surface area (Å²) in [4.78, 5) is 5.44. The Kier molecular flexibility index (Phi) is 4.86. The molecular formula is C18H36N2. The lowest BCUT2D eigenvalue weighted by molar-refractivity contribution is 0.0654. The Bertz CT molecular complexity index is 310. The molecule has 2 rings (SSSR count). The molecule has 0 N–H and O–H groups in total. The number of rotatable bonds is 2. The van der Waals surface area contributed by atoms with Crippen LogP contribution < -0.4 is 0 Å². The van der Waals surface area contributed by atoms with Crippen molar-refractivity contribution in [3.63, 3.8) is 0 Å². The van der Waals surface area contributed by atoms with Crippen LogP contribution in [0.15, 0.2) is 0 Å². The van der Waals surface area contributed by atoms with Gasteiger partial charge in [0.25, 0.3) is 0 Å². The summed E-state index contributed by atoms with van der Waals surface area (Å²) in [6.07, 6.45) is 4.22. The van der Waals surface area contributed by atoms with E-state index in [4.69, 9.17) is 0 Å². The average molecular weight is 281 g/mol. The van der Waals surface area contributed by atoms with E-state index in [1.807, 2.05) is 0 Å². The largest absolute Gasteiger partial charge is 0.303 e. The Morgan fingerprint density at radius 1 is 0.900 bits per heavy atom. The molecule has 0 spiro atoms. The van der Waals surface area contributed by atoms with Crippen molar-refractivity contribution in [3.05, 3.63) is 0 Å². The van der Waals surface area contributed by atoms with Crippen molar-refractivity contribution in [2.45, 2.75) is 66.3 Å². The molecule has 0 saturated carbocycles. The highest BCUT2D eigenvalue weighted by Crippen LogP contribution is 2.34. The fourth-order valence-electron chi connectivity index (χ4n) is 3.89. The Labute approximate surface area is 126 Å². The molecule has 2 fully saturated rings. The zero-order valence-corrected chi connectivity index (χ0v) is 14.7. The van der Waals surface area contributed by atoms with Crippen LogP contribution in [0.5, 0.6) is 0 Å². The van der Waals surface area contributed by atoms with Gasteiger partial charge in [-0.05, 0) is 70.4 Å². The highest BCUT2D eigenvalue weighted by molar-refractivity contribution is 4.87. The predicted molar refractivity (Wildman–Crippen MR) is 88.1 cm³/mol. The standard InChI is InChI=1S/C18H36N2/c1-17(2,3)16-9-11-19(14-16)12-15-8-7-10-20(13-15)18(4,5)6/h15-16H,7-14H2,1-6H3. The maximum Gasteiger partial charge on any atom is 0.0125 e. The fourth-order valence-corrected chi connectivity index (χ4v) is 3.89. The number of likely N-dealkylation sites (tertiary alicyclic amines) is 2. The van der Waals surface area contributed by atoms with Crippen molar-refractivity contribution in [3.8, 4) is 0 Å². The molecule has 0 radical (unpaired) electrons. The second-order valence-electron chi connectivity index (χ2n) is 9.24. The van der Waals surface area contributed by atoms with E-state index in [1.54, 1.807) is 0 Å². The quantitative estimate of drug-likeness (QED) is 0.758. The first-order chi connectivity index (χ1) is 9.16. The van der Waals surface area contributed by atoms with Gasteiger partial charge in [-0.15, -0.1) is 0 Å². The molecule has 0 aromatic rings. The number of nitrogens with zero attached hydrogens (tertiary/aromatic N) is 2. The Morgan fingerprint density at radius 3 is 2.15 bits per heavy atom. The van der Waals surface area contributed by atoms with E-state index in [1.165, 1.54) is 52.0 Å². The summed E-state index contributed by atoms with van der Waals surface area (Å²) in [7, 11) is 0. The van der Waals surface area contributed by atoms with E-state index < -0.39 is 0 Å². The molecule has 2 unspecified atom stereocenters. The van der Waals surface area contributed by atoms with Crippen LogP contribution in [0.2, 0.25) is 0 Å². The van der Waals surface area contributed by atoms with Gasteiger partial charge in [-0.1, -0.05) is 20.8 Å². The van der Waals surface area contributed by atoms with Crippen LogP contribution >= 0.6 is 0 Å². The van der Waals surface area contributed by atoms with E-state index in [-0.39, 0.29) is 0 Å². The first-order valence-corrected chi connectivity index (χ1v) is 8.63. The zero-order chi connectivity index (χ0) is 15.0. The molecular weight excluding hydrogens is 244 g/mol. The van der Waals surface area contributed by atoms with Gasteiger partial charge < -0.3 is 4.90 Å². The van der Waals surface area contributed by atoms with Crippen molar-refractivity contribution >= 4 is 0 Å². The van der Waals surface area contributed by atoms with Gasteiger partial charge in [-0.3, -0.25) is 4.90 Å². The van der Waals surface area contributed by atoms with E-state index in [2.05, 4.69) is 51.3 Å². The molecule has 0 aromatic heterocycles. The topological polar surface area (TPSA) is 6.48 Å². The third-order valence-corrected chi connectivity index (χ3v) is 5.48. The summed E-state index contributed by atoms with van der Waals surface area (Å²) < 4.78 is 0. The van der Waals surface area contributed by atoms with Gasteiger partial charge in [0.2, 0.25) is 0 Å². The number of piperidine rings is 1. The summed E-state index contributed by atoms with van der Waals surface area (Å²) in [6, 6.07) is 0. The molecule has 0 amide bonds. The molecule has 2 nitrogen and oxygen atoms in total. The van der Waals surface area contributed by atoms with Crippen molar-refractivity contribution in [1.82, 2.24) is 9.80 Å². The van der Waals surface area contributed by atoms with Crippen LogP contribution in [0, 0.1) is 17.3 Å². The summed E-state index contributed by atoms with van der Waals surface area (Å²) >= 11 is 0. The van der Waals surface area contributed by atoms with Crippen LogP contribution in [0.4, 0.5) is 0 Å². The normalized spacial score (nSPS) is 30.9. The molecule has 2 heteroatoms. The molecule has 2 aliphatic heterocycles. The van der Waals surface area contributed by atoms with E-state index in [0.29, 0.717) is 11.0 Å². The molecule has 118 valence electrons. The van der Waals surface area contributed by atoms with Crippen molar-refractivity contribution in [1.29, 1.82) is 0 Å². The van der Waals surface area contributed by atoms with Gasteiger partial charge in [0.05, 0.1) is 0 Å². The van der Waals surface area contributed by atoms with E-state index in [0.717, 1.165) is 11.8 Å². The lowest BCUT2D eigenvalue weighted by Gasteiger charge is -2.42. The lowest BCUT2D eigenvalue weighted by Crippen LogP contribution is -2.49. The van der Waals surface area contributed by atoms with Crippen molar-refractivity contribution in [2.75, 3.05) is 32.7 Å². The molecule has 2 atom stereocenters. The van der Waals surface area contributed by atoms with Gasteiger partial charge in [0, 0.05) is 25.2 Å². The summed E-state index contributed by atoms with van der Waals surface area (Å²) in [5.74, 6) is 1.78. The Balaban J connectivity index is 1.82. The van der Waals surface area contributed by atoms with Crippen LogP contribution in [0.1, 0.15) is 60.8 Å². The number of hydrogen-bond donors (Lipinski definition) is 0. The Morgan fingerprint density at radius 2 is 1.60 bits per heavy atom. The SMILES string of the molecule is CC(C)(C)C1CCN(CC2CCCN(C(C)(C)C)C2)C1. The van der Waals surface area contributed by atoms with Crippen molar-refractivity contribution in [2.24, 2.45) is 17.3 Å². The monoisotopic (exact) mass is 280 g/mol. The van der Waals surface area contributed by atoms with Crippen LogP contribution in [-0.2, 0) is 0 Å². The molecule has 0 bridgehead atoms. The highest BCUT2D eigenvalue weighted by Gasteiger charge is 2.34. The van der Waals surface area contributed by atoms with Gasteiger partial charge >= 0.3 is 0 Å². The summed E-state index contributed by atoms with van der Waals surface area (Å²) in [5.41, 5.74) is 0.830. The average Bonchev–Trinajstić information content (AvgIpc) is 2.76. The van der Waals surface area contributed by atoms with Gasteiger partial charge in [-0.25, -0.2) is 0 Å². The summed E-state index contributed by atoms with van der Waals surface area (Å²) in [6.45, 7) is 20.9. The predicted octanol–water partition coefficient (Wildman–Crippen LogP) is 3.86. The molecule has 0 aliphatic carbocycles. The second kappa shape index (κ2) is 5.96. The van der Waals surface area contributed by atoms with Crippen LogP contribution in [0.3, 0.4) is 0 Å².